The number of aliphatic hydroxyl groups is 1. The fourth-order valence-corrected chi connectivity index (χ4v) is 1.87. The zero-order valence-electron chi connectivity index (χ0n) is 7.67. The lowest BCUT2D eigenvalue weighted by atomic mass is 10.0. The topological polar surface area (TPSA) is 57.2 Å². The summed E-state index contributed by atoms with van der Waals surface area (Å²) in [6.07, 6.45) is -2.06. The van der Waals surface area contributed by atoms with Crippen LogP contribution in [0.25, 0.3) is 0 Å². The number of rotatable bonds is 2. The molecule has 2 saturated heterocycles. The monoisotopic (exact) mass is 190 g/mol. The molecule has 2 aliphatic heterocycles. The van der Waals surface area contributed by atoms with Crippen molar-refractivity contribution in [3.8, 4) is 0 Å². The van der Waals surface area contributed by atoms with Crippen LogP contribution >= 0.6 is 0 Å². The van der Waals surface area contributed by atoms with E-state index in [0.717, 1.165) is 0 Å². The third-order valence-electron chi connectivity index (χ3n) is 2.59. The van der Waals surface area contributed by atoms with Crippen molar-refractivity contribution in [2.75, 3.05) is 20.8 Å². The molecule has 5 atom stereocenters. The van der Waals surface area contributed by atoms with Crippen LogP contribution < -0.4 is 0 Å². The molecule has 76 valence electrons. The maximum absolute atomic E-state index is 9.75. The smallest absolute Gasteiger partial charge is 0.187 e. The highest BCUT2D eigenvalue weighted by molar-refractivity contribution is 4.94. The molecule has 2 bridgehead atoms. The molecule has 5 heteroatoms. The Kier molecular flexibility index (Phi) is 2.53. The molecule has 2 aliphatic rings. The van der Waals surface area contributed by atoms with Crippen LogP contribution in [-0.4, -0.2) is 56.6 Å². The van der Waals surface area contributed by atoms with E-state index >= 15 is 0 Å². The summed E-state index contributed by atoms with van der Waals surface area (Å²) in [5.41, 5.74) is 0. The molecular weight excluding hydrogens is 176 g/mol. The SMILES string of the molecule is CO[C@H]1[C@@H]2OC[C@@H](O2)[C@@H](O)[C@@H]1OC. The van der Waals surface area contributed by atoms with Crippen molar-refractivity contribution in [1.29, 1.82) is 0 Å². The fourth-order valence-electron chi connectivity index (χ4n) is 1.87. The maximum atomic E-state index is 9.75. The molecule has 2 fully saturated rings. The molecule has 0 aromatic carbocycles. The Labute approximate surface area is 76.5 Å². The quantitative estimate of drug-likeness (QED) is 0.613. The van der Waals surface area contributed by atoms with E-state index in [9.17, 15) is 5.11 Å². The zero-order chi connectivity index (χ0) is 9.42. The summed E-state index contributed by atoms with van der Waals surface area (Å²) in [5, 5.41) is 9.75. The molecule has 5 nitrogen and oxygen atoms in total. The molecular formula is C8H14O5. The summed E-state index contributed by atoms with van der Waals surface area (Å²) in [6.45, 7) is 0.408. The molecule has 13 heavy (non-hydrogen) atoms. The van der Waals surface area contributed by atoms with Gasteiger partial charge in [0, 0.05) is 14.2 Å². The lowest BCUT2D eigenvalue weighted by molar-refractivity contribution is -0.242. The van der Waals surface area contributed by atoms with Crippen LogP contribution in [0.2, 0.25) is 0 Å². The Morgan fingerprint density at radius 2 is 1.92 bits per heavy atom. The van der Waals surface area contributed by atoms with Crippen LogP contribution in [-0.2, 0) is 18.9 Å². The number of fused-ring (bicyclic) bond motifs is 2. The van der Waals surface area contributed by atoms with Crippen LogP contribution in [0.15, 0.2) is 0 Å². The lowest BCUT2D eigenvalue weighted by Crippen LogP contribution is -2.55. The van der Waals surface area contributed by atoms with E-state index in [1.165, 1.54) is 0 Å². The molecule has 0 aromatic heterocycles. The van der Waals surface area contributed by atoms with Gasteiger partial charge in [0.25, 0.3) is 0 Å². The van der Waals surface area contributed by atoms with Gasteiger partial charge in [-0.05, 0) is 0 Å². The summed E-state index contributed by atoms with van der Waals surface area (Å²) in [4.78, 5) is 0. The summed E-state index contributed by atoms with van der Waals surface area (Å²) in [7, 11) is 3.10. The van der Waals surface area contributed by atoms with Gasteiger partial charge in [0.15, 0.2) is 6.29 Å². The average molecular weight is 190 g/mol. The predicted molar refractivity (Wildman–Crippen MR) is 42.2 cm³/mol. The minimum Gasteiger partial charge on any atom is -0.387 e. The Bertz CT molecular complexity index is 181. The van der Waals surface area contributed by atoms with Crippen molar-refractivity contribution < 1.29 is 24.1 Å². The Morgan fingerprint density at radius 3 is 2.54 bits per heavy atom. The summed E-state index contributed by atoms with van der Waals surface area (Å²) < 4.78 is 21.0. The molecule has 2 rings (SSSR count). The minimum atomic E-state index is -0.673. The van der Waals surface area contributed by atoms with E-state index in [4.69, 9.17) is 18.9 Å². The van der Waals surface area contributed by atoms with Crippen LogP contribution in [0.1, 0.15) is 0 Å². The summed E-state index contributed by atoms with van der Waals surface area (Å²) in [6, 6.07) is 0. The number of hydrogen-bond acceptors (Lipinski definition) is 5. The fraction of sp³-hybridized carbons (Fsp3) is 1.00. The van der Waals surface area contributed by atoms with Gasteiger partial charge >= 0.3 is 0 Å². The van der Waals surface area contributed by atoms with Crippen LogP contribution in [0.5, 0.6) is 0 Å². The van der Waals surface area contributed by atoms with Crippen LogP contribution in [0, 0.1) is 0 Å². The first-order valence-corrected chi connectivity index (χ1v) is 4.28. The van der Waals surface area contributed by atoms with Crippen molar-refractivity contribution in [3.05, 3.63) is 0 Å². The number of methoxy groups -OCH3 is 2. The van der Waals surface area contributed by atoms with Crippen LogP contribution in [0.4, 0.5) is 0 Å². The Balaban J connectivity index is 2.15. The van der Waals surface area contributed by atoms with Gasteiger partial charge in [-0.2, -0.15) is 0 Å². The third kappa shape index (κ3) is 1.37. The van der Waals surface area contributed by atoms with Gasteiger partial charge in [0.05, 0.1) is 6.61 Å². The van der Waals surface area contributed by atoms with E-state index in [0.29, 0.717) is 6.61 Å². The maximum Gasteiger partial charge on any atom is 0.187 e. The molecule has 0 saturated carbocycles. The third-order valence-corrected chi connectivity index (χ3v) is 2.59. The predicted octanol–water partition coefficient (Wildman–Crippen LogP) is -0.868. The van der Waals surface area contributed by atoms with Crippen molar-refractivity contribution >= 4 is 0 Å². The first-order valence-electron chi connectivity index (χ1n) is 4.28. The standard InChI is InChI=1S/C8H14O5/c1-10-6-5(9)4-3-12-8(13-4)7(6)11-2/h4-9H,3H2,1-2H3/t4-,5-,6+,7-,8-/m1/s1. The number of aliphatic hydroxyl groups excluding tert-OH is 1. The lowest BCUT2D eigenvalue weighted by Gasteiger charge is -2.36. The Hall–Kier alpha value is -0.200. The zero-order valence-corrected chi connectivity index (χ0v) is 7.67. The second-order valence-corrected chi connectivity index (χ2v) is 3.27. The molecule has 0 unspecified atom stereocenters. The second kappa shape index (κ2) is 3.51. The molecule has 0 radical (unpaired) electrons. The normalized spacial score (nSPS) is 49.6. The molecule has 2 heterocycles. The van der Waals surface area contributed by atoms with Gasteiger partial charge in [-0.3, -0.25) is 0 Å². The molecule has 0 amide bonds. The highest BCUT2D eigenvalue weighted by Crippen LogP contribution is 2.30. The summed E-state index contributed by atoms with van der Waals surface area (Å²) >= 11 is 0. The molecule has 0 aromatic rings. The second-order valence-electron chi connectivity index (χ2n) is 3.27. The molecule has 1 N–H and O–H groups in total. The van der Waals surface area contributed by atoms with E-state index in [-0.39, 0.29) is 18.3 Å². The van der Waals surface area contributed by atoms with Gasteiger partial charge < -0.3 is 24.1 Å². The van der Waals surface area contributed by atoms with Crippen LogP contribution in [0.3, 0.4) is 0 Å². The van der Waals surface area contributed by atoms with E-state index in [2.05, 4.69) is 0 Å². The number of hydrogen-bond donors (Lipinski definition) is 1. The average Bonchev–Trinajstić information content (AvgIpc) is 2.57. The minimum absolute atomic E-state index is 0.277. The van der Waals surface area contributed by atoms with E-state index < -0.39 is 12.4 Å². The van der Waals surface area contributed by atoms with E-state index in [1.54, 1.807) is 14.2 Å². The van der Waals surface area contributed by atoms with E-state index in [1.807, 2.05) is 0 Å². The first-order chi connectivity index (χ1) is 6.27. The number of ether oxygens (including phenoxy) is 4. The van der Waals surface area contributed by atoms with Gasteiger partial charge in [0.1, 0.15) is 24.4 Å². The van der Waals surface area contributed by atoms with Crippen molar-refractivity contribution in [2.24, 2.45) is 0 Å². The highest BCUT2D eigenvalue weighted by atomic mass is 16.8. The van der Waals surface area contributed by atoms with Gasteiger partial charge in [-0.1, -0.05) is 0 Å². The van der Waals surface area contributed by atoms with Crippen molar-refractivity contribution in [1.82, 2.24) is 0 Å². The Morgan fingerprint density at radius 1 is 1.23 bits per heavy atom. The summed E-state index contributed by atoms with van der Waals surface area (Å²) in [5.74, 6) is 0. The first kappa shape index (κ1) is 9.36. The highest BCUT2D eigenvalue weighted by Gasteiger charge is 2.50. The molecule has 0 spiro atoms. The molecule has 0 aliphatic carbocycles. The largest absolute Gasteiger partial charge is 0.387 e. The van der Waals surface area contributed by atoms with Gasteiger partial charge in [-0.15, -0.1) is 0 Å². The van der Waals surface area contributed by atoms with Crippen molar-refractivity contribution in [3.63, 3.8) is 0 Å². The van der Waals surface area contributed by atoms with Gasteiger partial charge in [0.2, 0.25) is 0 Å². The van der Waals surface area contributed by atoms with Crippen molar-refractivity contribution in [2.45, 2.75) is 30.7 Å². The van der Waals surface area contributed by atoms with Gasteiger partial charge in [-0.25, -0.2) is 0 Å².